The highest BCUT2D eigenvalue weighted by molar-refractivity contribution is 5.77. The number of rotatable bonds is 8. The molecule has 164 valence electrons. The van der Waals surface area contributed by atoms with E-state index in [0.717, 1.165) is 11.1 Å². The number of aromatic nitrogens is 4. The Kier molecular flexibility index (Phi) is 6.25. The molecule has 0 aliphatic rings. The van der Waals surface area contributed by atoms with Crippen LogP contribution in [0.15, 0.2) is 54.6 Å². The summed E-state index contributed by atoms with van der Waals surface area (Å²) in [4.78, 5) is 12.0. The lowest BCUT2D eigenvalue weighted by Crippen LogP contribution is -2.32. The summed E-state index contributed by atoms with van der Waals surface area (Å²) < 4.78 is 25.9. The fourth-order valence-electron chi connectivity index (χ4n) is 3.03. The van der Waals surface area contributed by atoms with E-state index in [1.54, 1.807) is 24.3 Å². The van der Waals surface area contributed by atoms with Crippen LogP contribution < -0.4 is 14.8 Å². The average molecular weight is 435 g/mol. The van der Waals surface area contributed by atoms with Crippen molar-refractivity contribution in [2.45, 2.75) is 13.8 Å². The lowest BCUT2D eigenvalue weighted by atomic mass is 10.1. The highest BCUT2D eigenvalue weighted by Crippen LogP contribution is 2.20. The highest BCUT2D eigenvalue weighted by Gasteiger charge is 2.11. The van der Waals surface area contributed by atoms with Crippen molar-refractivity contribution in [1.29, 1.82) is 0 Å². The molecule has 2 heterocycles. The first kappa shape index (κ1) is 21.2. The van der Waals surface area contributed by atoms with Crippen LogP contribution in [-0.4, -0.2) is 45.5 Å². The number of benzene rings is 2. The summed E-state index contributed by atoms with van der Waals surface area (Å²) in [6.07, 6.45) is 0. The molecule has 0 atom stereocenters. The third-order valence-electron chi connectivity index (χ3n) is 4.72. The average Bonchev–Trinajstić information content (AvgIpc) is 3.21. The van der Waals surface area contributed by atoms with E-state index in [9.17, 15) is 9.18 Å². The third kappa shape index (κ3) is 5.00. The van der Waals surface area contributed by atoms with Crippen LogP contribution >= 0.6 is 0 Å². The van der Waals surface area contributed by atoms with Gasteiger partial charge in [-0.25, -0.2) is 4.39 Å². The van der Waals surface area contributed by atoms with Crippen LogP contribution in [0.3, 0.4) is 0 Å². The standard InChI is InChI=1S/C23H22FN5O3/c1-15-3-4-16(2)19(13-15)32-14-21(30)25-11-12-31-22-10-9-20-26-27-23(29(20)28-22)17-5-7-18(24)8-6-17/h3-10,13H,11-12,14H2,1-2H3,(H,25,30). The molecule has 4 aromatic rings. The van der Waals surface area contributed by atoms with Crippen LogP contribution in [-0.2, 0) is 4.79 Å². The Morgan fingerprint density at radius 1 is 1.03 bits per heavy atom. The number of carbonyl (C=O) groups is 1. The van der Waals surface area contributed by atoms with E-state index in [4.69, 9.17) is 9.47 Å². The number of amides is 1. The van der Waals surface area contributed by atoms with Gasteiger partial charge in [0.15, 0.2) is 18.1 Å². The second kappa shape index (κ2) is 9.42. The molecule has 1 amide bonds. The topological polar surface area (TPSA) is 90.6 Å². The third-order valence-corrected chi connectivity index (χ3v) is 4.72. The molecule has 2 aromatic heterocycles. The lowest BCUT2D eigenvalue weighted by molar-refractivity contribution is -0.123. The highest BCUT2D eigenvalue weighted by atomic mass is 19.1. The zero-order valence-electron chi connectivity index (χ0n) is 17.7. The molecule has 0 unspecified atom stereocenters. The number of hydrogen-bond acceptors (Lipinski definition) is 6. The molecule has 0 aliphatic carbocycles. The lowest BCUT2D eigenvalue weighted by Gasteiger charge is -2.11. The van der Waals surface area contributed by atoms with Crippen molar-refractivity contribution in [3.05, 3.63) is 71.5 Å². The van der Waals surface area contributed by atoms with Crippen LogP contribution in [0.5, 0.6) is 11.6 Å². The fourth-order valence-corrected chi connectivity index (χ4v) is 3.03. The van der Waals surface area contributed by atoms with Gasteiger partial charge in [-0.05, 0) is 61.4 Å². The summed E-state index contributed by atoms with van der Waals surface area (Å²) in [7, 11) is 0. The van der Waals surface area contributed by atoms with Gasteiger partial charge in [0.2, 0.25) is 5.88 Å². The van der Waals surface area contributed by atoms with E-state index in [1.165, 1.54) is 16.6 Å². The van der Waals surface area contributed by atoms with Crippen LogP contribution in [0.4, 0.5) is 4.39 Å². The van der Waals surface area contributed by atoms with Gasteiger partial charge in [0.25, 0.3) is 5.91 Å². The number of halogens is 1. The second-order valence-electron chi connectivity index (χ2n) is 7.23. The van der Waals surface area contributed by atoms with Gasteiger partial charge in [0.05, 0.1) is 6.54 Å². The van der Waals surface area contributed by atoms with Gasteiger partial charge in [-0.3, -0.25) is 4.79 Å². The van der Waals surface area contributed by atoms with Crippen LogP contribution in [0.25, 0.3) is 17.0 Å². The molecule has 0 radical (unpaired) electrons. The summed E-state index contributed by atoms with van der Waals surface area (Å²) in [6, 6.07) is 15.2. The Balaban J connectivity index is 1.29. The summed E-state index contributed by atoms with van der Waals surface area (Å²) in [5.41, 5.74) is 3.26. The number of nitrogens with zero attached hydrogens (tertiary/aromatic N) is 4. The van der Waals surface area contributed by atoms with E-state index in [-0.39, 0.29) is 24.9 Å². The molecular weight excluding hydrogens is 413 g/mol. The smallest absolute Gasteiger partial charge is 0.258 e. The van der Waals surface area contributed by atoms with Crippen molar-refractivity contribution in [1.82, 2.24) is 25.1 Å². The molecule has 1 N–H and O–H groups in total. The molecule has 32 heavy (non-hydrogen) atoms. The van der Waals surface area contributed by atoms with E-state index in [2.05, 4.69) is 20.6 Å². The van der Waals surface area contributed by atoms with E-state index < -0.39 is 0 Å². The first-order chi connectivity index (χ1) is 15.5. The Morgan fingerprint density at radius 2 is 1.84 bits per heavy atom. The van der Waals surface area contributed by atoms with Gasteiger partial charge in [0, 0.05) is 11.6 Å². The van der Waals surface area contributed by atoms with Crippen molar-refractivity contribution in [3.8, 4) is 23.0 Å². The first-order valence-electron chi connectivity index (χ1n) is 10.1. The monoisotopic (exact) mass is 435 g/mol. The number of ether oxygens (including phenoxy) is 2. The molecule has 9 heteroatoms. The Morgan fingerprint density at radius 3 is 2.66 bits per heavy atom. The van der Waals surface area contributed by atoms with Crippen LogP contribution in [0.1, 0.15) is 11.1 Å². The Hall–Kier alpha value is -4.01. The summed E-state index contributed by atoms with van der Waals surface area (Å²) >= 11 is 0. The van der Waals surface area contributed by atoms with Gasteiger partial charge in [-0.15, -0.1) is 15.3 Å². The molecule has 0 fully saturated rings. The largest absolute Gasteiger partial charge is 0.483 e. The number of carbonyl (C=O) groups excluding carboxylic acids is 1. The predicted molar refractivity (Wildman–Crippen MR) is 116 cm³/mol. The summed E-state index contributed by atoms with van der Waals surface area (Å²) in [5, 5.41) is 15.3. The molecule has 0 bridgehead atoms. The minimum absolute atomic E-state index is 0.0732. The SMILES string of the molecule is Cc1ccc(C)c(OCC(=O)NCCOc2ccc3nnc(-c4ccc(F)cc4)n3n2)c1. The number of fused-ring (bicyclic) bond motifs is 1. The van der Waals surface area contributed by atoms with Crippen molar-refractivity contribution in [3.63, 3.8) is 0 Å². The molecular formula is C23H22FN5O3. The molecule has 0 saturated carbocycles. The maximum atomic E-state index is 13.2. The van der Waals surface area contributed by atoms with Crippen molar-refractivity contribution < 1.29 is 18.7 Å². The Bertz CT molecular complexity index is 1240. The second-order valence-corrected chi connectivity index (χ2v) is 7.23. The van der Waals surface area contributed by atoms with Gasteiger partial charge < -0.3 is 14.8 Å². The Labute approximate surface area is 184 Å². The van der Waals surface area contributed by atoms with Gasteiger partial charge in [-0.2, -0.15) is 4.52 Å². The number of nitrogens with one attached hydrogen (secondary N) is 1. The molecule has 4 rings (SSSR count). The van der Waals surface area contributed by atoms with Crippen LogP contribution in [0, 0.1) is 19.7 Å². The fraction of sp³-hybridized carbons (Fsp3) is 0.217. The first-order valence-corrected chi connectivity index (χ1v) is 10.1. The zero-order valence-corrected chi connectivity index (χ0v) is 17.7. The van der Waals surface area contributed by atoms with E-state index in [0.29, 0.717) is 35.2 Å². The van der Waals surface area contributed by atoms with Crippen LogP contribution in [0.2, 0.25) is 0 Å². The zero-order chi connectivity index (χ0) is 22.5. The minimum Gasteiger partial charge on any atom is -0.483 e. The van der Waals surface area contributed by atoms with E-state index >= 15 is 0 Å². The summed E-state index contributed by atoms with van der Waals surface area (Å²) in [6.45, 7) is 4.35. The maximum Gasteiger partial charge on any atom is 0.258 e. The summed E-state index contributed by atoms with van der Waals surface area (Å²) in [5.74, 6) is 0.944. The number of hydrogen-bond donors (Lipinski definition) is 1. The minimum atomic E-state index is -0.332. The maximum absolute atomic E-state index is 13.2. The van der Waals surface area contributed by atoms with Gasteiger partial charge in [-0.1, -0.05) is 12.1 Å². The normalized spacial score (nSPS) is 10.8. The predicted octanol–water partition coefficient (Wildman–Crippen LogP) is 3.12. The van der Waals surface area contributed by atoms with Crippen molar-refractivity contribution >= 4 is 11.6 Å². The quantitative estimate of drug-likeness (QED) is 0.428. The van der Waals surface area contributed by atoms with E-state index in [1.807, 2.05) is 32.0 Å². The molecule has 0 aliphatic heterocycles. The molecule has 8 nitrogen and oxygen atoms in total. The molecule has 0 spiro atoms. The van der Waals surface area contributed by atoms with Crippen molar-refractivity contribution in [2.75, 3.05) is 19.8 Å². The molecule has 2 aromatic carbocycles. The van der Waals surface area contributed by atoms with Crippen molar-refractivity contribution in [2.24, 2.45) is 0 Å². The number of aryl methyl sites for hydroxylation is 2. The molecule has 0 saturated heterocycles. The van der Waals surface area contributed by atoms with Gasteiger partial charge >= 0.3 is 0 Å². The van der Waals surface area contributed by atoms with Gasteiger partial charge in [0.1, 0.15) is 18.2 Å².